The minimum absolute atomic E-state index is 0.224. The predicted octanol–water partition coefficient (Wildman–Crippen LogP) is 3.99. The second-order valence-corrected chi connectivity index (χ2v) is 8.57. The van der Waals surface area contributed by atoms with Crippen molar-refractivity contribution in [1.82, 2.24) is 5.32 Å². The third kappa shape index (κ3) is 3.75. The minimum Gasteiger partial charge on any atom is -0.316 e. The molecule has 0 heterocycles. The summed E-state index contributed by atoms with van der Waals surface area (Å²) < 4.78 is 13.0. The molecule has 1 fully saturated rings. The number of hydrogen-bond acceptors (Lipinski definition) is 2. The van der Waals surface area contributed by atoms with Crippen LogP contribution in [-0.2, 0) is 10.8 Å². The van der Waals surface area contributed by atoms with Crippen LogP contribution in [0.15, 0.2) is 35.2 Å². The Morgan fingerprint density at radius 3 is 2.48 bits per heavy atom. The molecule has 0 bridgehead atoms. The Labute approximate surface area is 132 Å². The maximum absolute atomic E-state index is 13.0. The van der Waals surface area contributed by atoms with Crippen molar-refractivity contribution in [3.63, 3.8) is 0 Å². The van der Waals surface area contributed by atoms with Gasteiger partial charge in [0, 0.05) is 10.9 Å². The van der Waals surface area contributed by atoms with E-state index in [-0.39, 0.29) is 5.25 Å². The van der Waals surface area contributed by atoms with E-state index in [2.05, 4.69) is 26.1 Å². The predicted molar refractivity (Wildman–Crippen MR) is 90.9 cm³/mol. The molecule has 1 aromatic rings. The van der Waals surface area contributed by atoms with Crippen molar-refractivity contribution in [2.75, 3.05) is 7.05 Å². The van der Waals surface area contributed by atoms with E-state index in [1.165, 1.54) is 12.8 Å². The van der Waals surface area contributed by atoms with Crippen LogP contribution in [0.2, 0.25) is 0 Å². The molecule has 1 aliphatic rings. The van der Waals surface area contributed by atoms with Crippen LogP contribution in [-0.4, -0.2) is 22.5 Å². The van der Waals surface area contributed by atoms with Crippen molar-refractivity contribution in [3.8, 4) is 0 Å². The van der Waals surface area contributed by atoms with Gasteiger partial charge in [0.1, 0.15) is 0 Å². The van der Waals surface area contributed by atoms with E-state index in [1.807, 2.05) is 37.4 Å². The highest BCUT2D eigenvalue weighted by Crippen LogP contribution is 2.42. The van der Waals surface area contributed by atoms with E-state index in [9.17, 15) is 4.21 Å². The highest BCUT2D eigenvalue weighted by molar-refractivity contribution is 7.85. The molecule has 21 heavy (non-hydrogen) atoms. The van der Waals surface area contributed by atoms with Crippen LogP contribution in [0.4, 0.5) is 0 Å². The summed E-state index contributed by atoms with van der Waals surface area (Å²) in [5.41, 5.74) is 0.345. The number of nitrogens with one attached hydrogen (secondary N) is 1. The van der Waals surface area contributed by atoms with Crippen molar-refractivity contribution < 1.29 is 4.21 Å². The van der Waals surface area contributed by atoms with Gasteiger partial charge in [0.05, 0.1) is 16.0 Å². The highest BCUT2D eigenvalue weighted by atomic mass is 32.2. The summed E-state index contributed by atoms with van der Waals surface area (Å²) in [5.74, 6) is 0.671. The van der Waals surface area contributed by atoms with Gasteiger partial charge in [-0.1, -0.05) is 45.4 Å². The lowest BCUT2D eigenvalue weighted by atomic mass is 9.68. The molecule has 0 spiro atoms. The quantitative estimate of drug-likeness (QED) is 0.891. The third-order valence-electron chi connectivity index (χ3n) is 5.43. The normalized spacial score (nSPS) is 28.3. The van der Waals surface area contributed by atoms with E-state index in [0.29, 0.717) is 17.4 Å². The van der Waals surface area contributed by atoms with Gasteiger partial charge in [-0.2, -0.15) is 0 Å². The summed E-state index contributed by atoms with van der Waals surface area (Å²) in [7, 11) is 1.09. The molecule has 2 nitrogen and oxygen atoms in total. The molecule has 0 amide bonds. The Kier molecular flexibility index (Phi) is 5.61. The molecule has 0 radical (unpaired) electrons. The molecule has 0 aliphatic heterocycles. The van der Waals surface area contributed by atoms with E-state index in [1.54, 1.807) is 0 Å². The molecule has 118 valence electrons. The van der Waals surface area contributed by atoms with Crippen molar-refractivity contribution >= 4 is 10.8 Å². The average Bonchev–Trinajstić information content (AvgIpc) is 2.54. The highest BCUT2D eigenvalue weighted by Gasteiger charge is 2.39. The molecule has 1 aliphatic carbocycles. The zero-order chi connectivity index (χ0) is 15.5. The average molecular weight is 308 g/mol. The van der Waals surface area contributed by atoms with Crippen LogP contribution in [0.3, 0.4) is 0 Å². The van der Waals surface area contributed by atoms with Crippen molar-refractivity contribution in [3.05, 3.63) is 30.3 Å². The third-order valence-corrected chi connectivity index (χ3v) is 7.24. The lowest BCUT2D eigenvalue weighted by Crippen LogP contribution is -2.47. The van der Waals surface area contributed by atoms with E-state index in [4.69, 9.17) is 0 Å². The molecule has 3 heteroatoms. The molecule has 1 saturated carbocycles. The van der Waals surface area contributed by atoms with Crippen LogP contribution >= 0.6 is 0 Å². The topological polar surface area (TPSA) is 29.1 Å². The van der Waals surface area contributed by atoms with Crippen molar-refractivity contribution in [1.29, 1.82) is 0 Å². The summed E-state index contributed by atoms with van der Waals surface area (Å²) >= 11 is 0. The fourth-order valence-corrected chi connectivity index (χ4v) is 5.18. The first kappa shape index (κ1) is 16.7. The Hall–Kier alpha value is -0.670. The molecule has 2 rings (SSSR count). The van der Waals surface area contributed by atoms with Gasteiger partial charge in [-0.25, -0.2) is 0 Å². The molecule has 0 saturated heterocycles. The van der Waals surface area contributed by atoms with Crippen LogP contribution in [0.5, 0.6) is 0 Å². The molecule has 4 atom stereocenters. The monoisotopic (exact) mass is 307 g/mol. The maximum Gasteiger partial charge on any atom is 0.0576 e. The van der Waals surface area contributed by atoms with Gasteiger partial charge in [0.15, 0.2) is 0 Å². The van der Waals surface area contributed by atoms with E-state index in [0.717, 1.165) is 17.7 Å². The van der Waals surface area contributed by atoms with Crippen LogP contribution in [0.25, 0.3) is 0 Å². The number of rotatable bonds is 5. The zero-order valence-electron chi connectivity index (χ0n) is 13.8. The van der Waals surface area contributed by atoms with Gasteiger partial charge in [-0.05, 0) is 49.8 Å². The molecule has 1 N–H and O–H groups in total. The van der Waals surface area contributed by atoms with Gasteiger partial charge in [0.25, 0.3) is 0 Å². The molecule has 0 aromatic heterocycles. The van der Waals surface area contributed by atoms with Crippen LogP contribution in [0.1, 0.15) is 46.5 Å². The molecular weight excluding hydrogens is 278 g/mol. The smallest absolute Gasteiger partial charge is 0.0576 e. The lowest BCUT2D eigenvalue weighted by Gasteiger charge is -2.42. The molecule has 1 aromatic carbocycles. The Morgan fingerprint density at radius 2 is 1.90 bits per heavy atom. The summed E-state index contributed by atoms with van der Waals surface area (Å²) in [6.07, 6.45) is 4.63. The van der Waals surface area contributed by atoms with Crippen molar-refractivity contribution in [2.24, 2.45) is 11.3 Å². The van der Waals surface area contributed by atoms with Gasteiger partial charge in [-0.3, -0.25) is 4.21 Å². The maximum atomic E-state index is 13.0. The summed E-state index contributed by atoms with van der Waals surface area (Å²) in [5, 5.41) is 3.63. The van der Waals surface area contributed by atoms with E-state index >= 15 is 0 Å². The summed E-state index contributed by atoms with van der Waals surface area (Å²) in [4.78, 5) is 0.970. The Balaban J connectivity index is 2.19. The number of benzene rings is 1. The van der Waals surface area contributed by atoms with Crippen LogP contribution < -0.4 is 5.32 Å². The minimum atomic E-state index is -0.920. The second kappa shape index (κ2) is 7.06. The second-order valence-electron chi connectivity index (χ2n) is 6.90. The SMILES string of the molecule is CCC(C)(C)C1CCC(NC)C(S(=O)c2ccccc2)C1. The Bertz CT molecular complexity index is 471. The first-order valence-electron chi connectivity index (χ1n) is 8.12. The fourth-order valence-electron chi connectivity index (χ4n) is 3.42. The van der Waals surface area contributed by atoms with Crippen LogP contribution in [0, 0.1) is 11.3 Å². The van der Waals surface area contributed by atoms with Gasteiger partial charge in [-0.15, -0.1) is 0 Å². The first-order chi connectivity index (χ1) is 9.99. The summed E-state index contributed by atoms with van der Waals surface area (Å²) in [6, 6.07) is 10.3. The summed E-state index contributed by atoms with van der Waals surface area (Å²) in [6.45, 7) is 6.99. The lowest BCUT2D eigenvalue weighted by molar-refractivity contribution is 0.141. The zero-order valence-corrected chi connectivity index (χ0v) is 14.6. The largest absolute Gasteiger partial charge is 0.316 e. The standard InChI is InChI=1S/C18H29NOS/c1-5-18(2,3)14-11-12-16(19-4)17(13-14)21(20)15-9-7-6-8-10-15/h6-10,14,16-17,19H,5,11-13H2,1-4H3. The van der Waals surface area contributed by atoms with Gasteiger partial charge < -0.3 is 5.32 Å². The number of hydrogen-bond donors (Lipinski definition) is 1. The molecule has 4 unspecified atom stereocenters. The fraction of sp³-hybridized carbons (Fsp3) is 0.667. The van der Waals surface area contributed by atoms with Gasteiger partial charge in [0.2, 0.25) is 0 Å². The Morgan fingerprint density at radius 1 is 1.24 bits per heavy atom. The van der Waals surface area contributed by atoms with E-state index < -0.39 is 10.8 Å². The molecular formula is C18H29NOS. The van der Waals surface area contributed by atoms with Crippen molar-refractivity contribution in [2.45, 2.75) is 62.6 Å². The first-order valence-corrected chi connectivity index (χ1v) is 9.33. The van der Waals surface area contributed by atoms with Gasteiger partial charge >= 0.3 is 0 Å².